The maximum atomic E-state index is 12.5. The van der Waals surface area contributed by atoms with E-state index in [9.17, 15) is 22.8 Å². The first-order chi connectivity index (χ1) is 14.7. The van der Waals surface area contributed by atoms with E-state index in [1.807, 2.05) is 6.07 Å². The van der Waals surface area contributed by atoms with Gasteiger partial charge in [-0.05, 0) is 0 Å². The number of aromatic nitrogens is 2. The summed E-state index contributed by atoms with van der Waals surface area (Å²) in [5.41, 5.74) is 0.576. The number of rotatable bonds is 7. The Labute approximate surface area is 181 Å². The minimum absolute atomic E-state index is 0.109. The molecule has 0 saturated carbocycles. The van der Waals surface area contributed by atoms with Gasteiger partial charge in [-0.25, -0.2) is 0 Å². The molecule has 168 valence electrons. The van der Waals surface area contributed by atoms with E-state index >= 15 is 0 Å². The Bertz CT molecular complexity index is 885. The van der Waals surface area contributed by atoms with E-state index in [0.717, 1.165) is 11.8 Å². The number of anilines is 1. The number of halogens is 3. The molecule has 1 aromatic heterocycles. The van der Waals surface area contributed by atoms with Crippen LogP contribution in [0.1, 0.15) is 17.3 Å². The van der Waals surface area contributed by atoms with Crippen LogP contribution >= 0.6 is 11.8 Å². The Morgan fingerprint density at radius 3 is 2.55 bits per heavy atom. The Morgan fingerprint density at radius 2 is 1.90 bits per heavy atom. The zero-order chi connectivity index (χ0) is 22.4. The molecule has 1 N–H and O–H groups in total. The van der Waals surface area contributed by atoms with Crippen LogP contribution in [0.15, 0.2) is 41.1 Å². The van der Waals surface area contributed by atoms with Crippen molar-refractivity contribution in [3.63, 3.8) is 0 Å². The van der Waals surface area contributed by atoms with Gasteiger partial charge in [-0.2, -0.15) is 18.2 Å². The molecule has 31 heavy (non-hydrogen) atoms. The molecule has 0 aliphatic carbocycles. The standard InChI is InChI=1S/C19H22F3N5O3S/c1-14(12-31-18(29)15-5-3-2-4-6-15)17(28)23-16-11-27(24-30-16)26-9-7-25(8-10-26)13-19(20,21)22/h2-6,11,14H,7-10,12-13H2,1H3/p+1/t14-/m1/s1. The van der Waals surface area contributed by atoms with Crippen molar-refractivity contribution in [1.82, 2.24) is 10.2 Å². The molecule has 3 rings (SSSR count). The number of thioether (sulfide) groups is 1. The van der Waals surface area contributed by atoms with E-state index in [1.165, 1.54) is 15.9 Å². The second-order valence-electron chi connectivity index (χ2n) is 7.19. The topological polar surface area (TPSA) is 82.6 Å². The van der Waals surface area contributed by atoms with Gasteiger partial charge >= 0.3 is 12.1 Å². The summed E-state index contributed by atoms with van der Waals surface area (Å²) in [5.74, 6) is -0.364. The fourth-order valence-corrected chi connectivity index (χ4v) is 3.81. The predicted molar refractivity (Wildman–Crippen MR) is 108 cm³/mol. The number of amides is 1. The van der Waals surface area contributed by atoms with Crippen LogP contribution in [0.4, 0.5) is 19.1 Å². The molecule has 1 aliphatic rings. The van der Waals surface area contributed by atoms with Gasteiger partial charge < -0.3 is 0 Å². The van der Waals surface area contributed by atoms with Crippen LogP contribution in [-0.2, 0) is 4.79 Å². The molecule has 2 aromatic rings. The molecule has 0 spiro atoms. The normalized spacial score (nSPS) is 16.2. The maximum Gasteiger partial charge on any atom is 0.401 e. The smallest absolute Gasteiger partial charge is 0.291 e. The molecule has 1 atom stereocenters. The average molecular weight is 458 g/mol. The number of benzene rings is 1. The third kappa shape index (κ3) is 6.96. The Kier molecular flexibility index (Phi) is 7.55. The van der Waals surface area contributed by atoms with Gasteiger partial charge in [0.25, 0.3) is 6.20 Å². The minimum atomic E-state index is -4.22. The van der Waals surface area contributed by atoms with Crippen molar-refractivity contribution < 1.29 is 32.1 Å². The lowest BCUT2D eigenvalue weighted by Gasteiger charge is -2.30. The molecule has 1 amide bonds. The lowest BCUT2D eigenvalue weighted by molar-refractivity contribution is -0.759. The molecule has 8 nitrogen and oxygen atoms in total. The molecule has 0 unspecified atom stereocenters. The third-order valence-electron chi connectivity index (χ3n) is 4.66. The molecule has 1 fully saturated rings. The second-order valence-corrected chi connectivity index (χ2v) is 8.18. The van der Waals surface area contributed by atoms with Crippen molar-refractivity contribution >= 4 is 28.7 Å². The summed E-state index contributed by atoms with van der Waals surface area (Å²) >= 11 is 1.06. The summed E-state index contributed by atoms with van der Waals surface area (Å²) in [4.78, 5) is 27.2. The lowest BCUT2D eigenvalue weighted by atomic mass is 10.2. The SMILES string of the molecule is C[C@H](CSC(=O)c1ccccc1)C(=O)Nc1c[n+](N2CCN(CC(F)(F)F)CC2)no1. The van der Waals surface area contributed by atoms with Gasteiger partial charge in [0, 0.05) is 30.3 Å². The number of nitrogens with zero attached hydrogens (tertiary/aromatic N) is 4. The van der Waals surface area contributed by atoms with Crippen molar-refractivity contribution in [2.45, 2.75) is 13.1 Å². The Hall–Kier alpha value is -2.60. The highest BCUT2D eigenvalue weighted by Gasteiger charge is 2.34. The van der Waals surface area contributed by atoms with E-state index in [2.05, 4.69) is 10.6 Å². The zero-order valence-corrected chi connectivity index (χ0v) is 17.7. The van der Waals surface area contributed by atoms with Crippen molar-refractivity contribution in [3.05, 3.63) is 42.1 Å². The second kappa shape index (κ2) is 10.1. The van der Waals surface area contributed by atoms with Crippen LogP contribution < -0.4 is 15.1 Å². The maximum absolute atomic E-state index is 12.5. The fraction of sp³-hybridized carbons (Fsp3) is 0.474. The first-order valence-electron chi connectivity index (χ1n) is 9.67. The lowest BCUT2D eigenvalue weighted by Crippen LogP contribution is -2.65. The van der Waals surface area contributed by atoms with Gasteiger partial charge in [0.2, 0.25) is 16.3 Å². The average Bonchev–Trinajstić information content (AvgIpc) is 3.20. The van der Waals surface area contributed by atoms with Crippen LogP contribution in [0, 0.1) is 5.92 Å². The summed E-state index contributed by atoms with van der Waals surface area (Å²) in [6, 6.07) is 8.81. The third-order valence-corrected chi connectivity index (χ3v) is 5.83. The van der Waals surface area contributed by atoms with Crippen LogP contribution in [0.25, 0.3) is 0 Å². The van der Waals surface area contributed by atoms with E-state index in [0.29, 0.717) is 24.4 Å². The summed E-state index contributed by atoms with van der Waals surface area (Å²) in [6.45, 7) is 1.93. The fourth-order valence-electron chi connectivity index (χ4n) is 2.96. The van der Waals surface area contributed by atoms with Crippen molar-refractivity contribution in [2.75, 3.05) is 48.8 Å². The monoisotopic (exact) mass is 458 g/mol. The van der Waals surface area contributed by atoms with E-state index in [1.54, 1.807) is 36.2 Å². The van der Waals surface area contributed by atoms with Crippen LogP contribution in [-0.4, -0.2) is 65.8 Å². The minimum Gasteiger partial charge on any atom is -0.291 e. The number of piperazine rings is 1. The Morgan fingerprint density at radius 1 is 1.23 bits per heavy atom. The van der Waals surface area contributed by atoms with Crippen molar-refractivity contribution in [1.29, 1.82) is 0 Å². The van der Waals surface area contributed by atoms with E-state index in [-0.39, 0.29) is 30.0 Å². The molecule has 12 heteroatoms. The number of alkyl halides is 3. The van der Waals surface area contributed by atoms with Gasteiger partial charge in [0.1, 0.15) is 0 Å². The van der Waals surface area contributed by atoms with Gasteiger partial charge in [-0.1, -0.05) is 49.0 Å². The number of nitrogens with one attached hydrogen (secondary N) is 1. The summed E-state index contributed by atoms with van der Waals surface area (Å²) < 4.78 is 42.6. The molecule has 1 aromatic carbocycles. The van der Waals surface area contributed by atoms with E-state index in [4.69, 9.17) is 4.52 Å². The van der Waals surface area contributed by atoms with Gasteiger partial charge in [-0.3, -0.25) is 24.3 Å². The molecule has 1 saturated heterocycles. The highest BCUT2D eigenvalue weighted by Crippen LogP contribution is 2.18. The predicted octanol–water partition coefficient (Wildman–Crippen LogP) is 1.93. The first-order valence-corrected chi connectivity index (χ1v) is 10.7. The van der Waals surface area contributed by atoms with Gasteiger partial charge in [0.05, 0.1) is 24.4 Å². The molecule has 2 heterocycles. The molecular formula is C19H23F3N5O3S+. The summed E-state index contributed by atoms with van der Waals surface area (Å²) in [6.07, 6.45) is -2.76. The van der Waals surface area contributed by atoms with Crippen LogP contribution in [0.3, 0.4) is 0 Å². The summed E-state index contributed by atoms with van der Waals surface area (Å²) in [7, 11) is 0. The van der Waals surface area contributed by atoms with E-state index < -0.39 is 18.6 Å². The first kappa shape index (κ1) is 23.1. The largest absolute Gasteiger partial charge is 0.401 e. The molecular weight excluding hydrogens is 435 g/mol. The zero-order valence-electron chi connectivity index (χ0n) is 16.8. The number of hydrogen-bond donors (Lipinski definition) is 1. The Balaban J connectivity index is 1.45. The summed E-state index contributed by atoms with van der Waals surface area (Å²) in [5, 5.41) is 8.04. The molecule has 0 radical (unpaired) electrons. The van der Waals surface area contributed by atoms with Gasteiger partial charge in [-0.15, -0.1) is 0 Å². The quantitative estimate of drug-likeness (QED) is 0.635. The van der Waals surface area contributed by atoms with Crippen molar-refractivity contribution in [3.8, 4) is 0 Å². The highest BCUT2D eigenvalue weighted by atomic mass is 32.2. The number of carbonyl (C=O) groups excluding carboxylic acids is 2. The van der Waals surface area contributed by atoms with Crippen LogP contribution in [0.5, 0.6) is 0 Å². The molecule has 1 aliphatic heterocycles. The highest BCUT2D eigenvalue weighted by molar-refractivity contribution is 8.14. The van der Waals surface area contributed by atoms with Crippen LogP contribution in [0.2, 0.25) is 0 Å². The number of hydrogen-bond acceptors (Lipinski definition) is 7. The number of carbonyl (C=O) groups is 2. The van der Waals surface area contributed by atoms with Gasteiger partial charge in [0.15, 0.2) is 0 Å². The van der Waals surface area contributed by atoms with Crippen molar-refractivity contribution in [2.24, 2.45) is 5.92 Å². The molecule has 0 bridgehead atoms.